The van der Waals surface area contributed by atoms with Gasteiger partial charge in [0, 0.05) is 44.6 Å². The Morgan fingerprint density at radius 2 is 0.627 bits per heavy atom. The number of benzene rings is 12. The Morgan fingerprint density at radius 3 is 1.05 bits per heavy atom. The summed E-state index contributed by atoms with van der Waals surface area (Å²) < 4.78 is 6.88. The van der Waals surface area contributed by atoms with Crippen molar-refractivity contribution in [2.75, 3.05) is 9.80 Å². The van der Waals surface area contributed by atoms with Crippen molar-refractivity contribution in [3.63, 3.8) is 0 Å². The van der Waals surface area contributed by atoms with Gasteiger partial charge in [-0.3, -0.25) is 0 Å². The number of anilines is 6. The van der Waals surface area contributed by atoms with Gasteiger partial charge < -0.3 is 14.2 Å². The fraction of sp³-hybridized carbons (Fsp3) is 0.0556. The smallest absolute Gasteiger partial charge is 0.136 e. The summed E-state index contributed by atoms with van der Waals surface area (Å²) in [5, 5.41) is 6.72. The number of hydrogen-bond donors (Lipinski definition) is 0. The Kier molecular flexibility index (Phi) is 11.4. The largest absolute Gasteiger partial charge is 0.456 e. The van der Waals surface area contributed by atoms with E-state index in [0.29, 0.717) is 0 Å². The van der Waals surface area contributed by atoms with Gasteiger partial charge >= 0.3 is 0 Å². The number of furan rings is 1. The van der Waals surface area contributed by atoms with Crippen LogP contribution in [0.2, 0.25) is 0 Å². The number of nitrogens with zero attached hydrogens (tertiary/aromatic N) is 2. The molecule has 0 fully saturated rings. The summed E-state index contributed by atoms with van der Waals surface area (Å²) in [5.74, 6) is 0. The maximum Gasteiger partial charge on any atom is 0.136 e. The first-order valence-corrected chi connectivity index (χ1v) is 25.9. The lowest BCUT2D eigenvalue weighted by molar-refractivity contribution is 0.590. The minimum atomic E-state index is 0.0628. The minimum absolute atomic E-state index is 0.0628. The first-order chi connectivity index (χ1) is 36.8. The van der Waals surface area contributed by atoms with E-state index in [1.165, 1.54) is 38.9 Å². The molecule has 0 aliphatic rings. The first-order valence-electron chi connectivity index (χ1n) is 25.9. The predicted molar refractivity (Wildman–Crippen MR) is 319 cm³/mol. The molecule has 0 amide bonds. The molecule has 0 aliphatic carbocycles. The van der Waals surface area contributed by atoms with Crippen LogP contribution in [0.4, 0.5) is 34.1 Å². The van der Waals surface area contributed by atoms with Gasteiger partial charge in [-0.2, -0.15) is 0 Å². The van der Waals surface area contributed by atoms with Gasteiger partial charge in [0.25, 0.3) is 0 Å². The molecule has 0 atom stereocenters. The zero-order valence-electron chi connectivity index (χ0n) is 42.3. The summed E-state index contributed by atoms with van der Waals surface area (Å²) in [6, 6.07) is 98.9. The molecule has 3 heteroatoms. The maximum absolute atomic E-state index is 6.88. The first kappa shape index (κ1) is 45.4. The van der Waals surface area contributed by atoms with Crippen molar-refractivity contribution < 1.29 is 4.42 Å². The maximum atomic E-state index is 6.88. The highest BCUT2D eigenvalue weighted by molar-refractivity contribution is 6.14. The van der Waals surface area contributed by atoms with Crippen molar-refractivity contribution in [2.24, 2.45) is 0 Å². The van der Waals surface area contributed by atoms with E-state index < -0.39 is 0 Å². The Labute approximate surface area is 438 Å². The van der Waals surface area contributed by atoms with Crippen molar-refractivity contribution in [1.29, 1.82) is 0 Å². The highest BCUT2D eigenvalue weighted by Gasteiger charge is 2.22. The summed E-state index contributed by atoms with van der Waals surface area (Å²) in [4.78, 5) is 4.78. The van der Waals surface area contributed by atoms with Crippen LogP contribution in [0.25, 0.3) is 88.0 Å². The van der Waals surface area contributed by atoms with Crippen molar-refractivity contribution in [3.05, 3.63) is 279 Å². The second kappa shape index (κ2) is 18.9. The van der Waals surface area contributed by atoms with Crippen LogP contribution in [0, 0.1) is 0 Å². The summed E-state index contributed by atoms with van der Waals surface area (Å²) in [6.07, 6.45) is 0. The van der Waals surface area contributed by atoms with Crippen molar-refractivity contribution >= 4 is 77.6 Å². The second-order valence-electron chi connectivity index (χ2n) is 20.6. The van der Waals surface area contributed by atoms with E-state index in [-0.39, 0.29) is 5.41 Å². The average Bonchev–Trinajstić information content (AvgIpc) is 3.82. The van der Waals surface area contributed by atoms with E-state index in [2.05, 4.69) is 304 Å². The normalized spacial score (nSPS) is 11.7. The fourth-order valence-corrected chi connectivity index (χ4v) is 10.8. The molecule has 0 radical (unpaired) electrons. The van der Waals surface area contributed by atoms with Crippen LogP contribution in [0.5, 0.6) is 0 Å². The molecule has 13 aromatic rings. The lowest BCUT2D eigenvalue weighted by Gasteiger charge is -2.28. The van der Waals surface area contributed by atoms with Crippen LogP contribution in [0.15, 0.2) is 277 Å². The van der Waals surface area contributed by atoms with Crippen LogP contribution in [0.1, 0.15) is 26.3 Å². The van der Waals surface area contributed by atoms with Crippen molar-refractivity contribution in [2.45, 2.75) is 26.2 Å². The summed E-state index contributed by atoms with van der Waals surface area (Å²) >= 11 is 0. The van der Waals surface area contributed by atoms with E-state index in [1.54, 1.807) is 0 Å². The van der Waals surface area contributed by atoms with Gasteiger partial charge in [-0.05, 0) is 151 Å². The molecule has 75 heavy (non-hydrogen) atoms. The van der Waals surface area contributed by atoms with Crippen LogP contribution in [-0.2, 0) is 5.41 Å². The molecule has 0 aliphatic heterocycles. The van der Waals surface area contributed by atoms with Gasteiger partial charge in [-0.1, -0.05) is 209 Å². The molecule has 1 aromatic heterocycles. The van der Waals surface area contributed by atoms with Crippen LogP contribution in [-0.4, -0.2) is 0 Å². The Bertz CT molecular complexity index is 4170. The number of rotatable bonds is 10. The van der Waals surface area contributed by atoms with Crippen LogP contribution < -0.4 is 9.80 Å². The van der Waals surface area contributed by atoms with E-state index in [4.69, 9.17) is 4.42 Å². The molecular formula is C72H54N2O. The molecule has 0 spiro atoms. The highest BCUT2D eigenvalue weighted by atomic mass is 16.3. The Balaban J connectivity index is 0.910. The average molecular weight is 963 g/mol. The lowest BCUT2D eigenvalue weighted by Crippen LogP contribution is -2.12. The monoisotopic (exact) mass is 962 g/mol. The highest BCUT2D eigenvalue weighted by Crippen LogP contribution is 2.46. The SMILES string of the molecule is CC(C)(C)c1ccc(-c2ccccc2N(c2ccc(-c3ccccc3)cc2)c2ccc3cc4c(cc3c2)oc2cc3cc(N(c5ccc(-c6ccccc6)cc5)c5ccccc5-c5ccccc5)ccc3cc24)cc1. The van der Waals surface area contributed by atoms with Crippen molar-refractivity contribution in [1.82, 2.24) is 0 Å². The topological polar surface area (TPSA) is 19.6 Å². The molecule has 0 saturated carbocycles. The molecular weight excluding hydrogens is 909 g/mol. The molecule has 1 heterocycles. The number of para-hydroxylation sites is 2. The molecule has 3 nitrogen and oxygen atoms in total. The van der Waals surface area contributed by atoms with Crippen molar-refractivity contribution in [3.8, 4) is 44.5 Å². The fourth-order valence-electron chi connectivity index (χ4n) is 10.8. The van der Waals surface area contributed by atoms with Gasteiger partial charge in [-0.25, -0.2) is 0 Å². The zero-order valence-corrected chi connectivity index (χ0v) is 42.3. The molecule has 12 aromatic carbocycles. The predicted octanol–water partition coefficient (Wildman–Crippen LogP) is 20.8. The molecule has 0 unspecified atom stereocenters. The van der Waals surface area contributed by atoms with E-state index in [0.717, 1.165) is 88.7 Å². The third kappa shape index (κ3) is 8.69. The van der Waals surface area contributed by atoms with Gasteiger partial charge in [0.05, 0.1) is 11.4 Å². The third-order valence-electron chi connectivity index (χ3n) is 14.8. The molecule has 358 valence electrons. The van der Waals surface area contributed by atoms with Crippen LogP contribution in [0.3, 0.4) is 0 Å². The Morgan fingerprint density at radius 1 is 0.280 bits per heavy atom. The zero-order chi connectivity index (χ0) is 50.5. The second-order valence-corrected chi connectivity index (χ2v) is 20.6. The summed E-state index contributed by atoms with van der Waals surface area (Å²) in [5.41, 5.74) is 19.0. The minimum Gasteiger partial charge on any atom is -0.456 e. The summed E-state index contributed by atoms with van der Waals surface area (Å²) in [7, 11) is 0. The standard InChI is InChI=1S/C72H54N2O/c1-72(2,3)59-35-27-54(28-36-59)65-24-14-16-26-69(65)74(61-39-31-52(32-40-61)50-19-9-5-10-20-50)63-42-34-56-46-67-66-45-55-33-41-62(43-57(55)47-70(66)75-71(67)48-58(56)44-63)73(60-37-29-51(30-38-60)49-17-7-4-8-18-49)68-25-15-13-23-64(68)53-21-11-6-12-22-53/h4-48H,1-3H3. The van der Waals surface area contributed by atoms with Gasteiger partial charge in [0.15, 0.2) is 0 Å². The molecule has 0 N–H and O–H groups in total. The molecule has 0 saturated heterocycles. The van der Waals surface area contributed by atoms with Gasteiger partial charge in [-0.15, -0.1) is 0 Å². The van der Waals surface area contributed by atoms with E-state index in [1.807, 2.05) is 0 Å². The van der Waals surface area contributed by atoms with Crippen LogP contribution >= 0.6 is 0 Å². The van der Waals surface area contributed by atoms with Gasteiger partial charge in [0.2, 0.25) is 0 Å². The quantitative estimate of drug-likeness (QED) is 0.136. The van der Waals surface area contributed by atoms with Gasteiger partial charge in [0.1, 0.15) is 11.2 Å². The van der Waals surface area contributed by atoms with E-state index >= 15 is 0 Å². The Hall–Kier alpha value is -9.44. The molecule has 13 rings (SSSR count). The lowest BCUT2D eigenvalue weighted by atomic mass is 9.86. The summed E-state index contributed by atoms with van der Waals surface area (Å²) in [6.45, 7) is 6.80. The molecule has 0 bridgehead atoms. The van der Waals surface area contributed by atoms with E-state index in [9.17, 15) is 0 Å². The number of fused-ring (bicyclic) bond motifs is 5. The third-order valence-corrected chi connectivity index (χ3v) is 14.8. The number of hydrogen-bond acceptors (Lipinski definition) is 3.